The summed E-state index contributed by atoms with van der Waals surface area (Å²) in [6.45, 7) is 5.34. The minimum Gasteiger partial charge on any atom is -0.485 e. The molecule has 2 rings (SSSR count). The molecule has 102 valence electrons. The van der Waals surface area contributed by atoms with Gasteiger partial charge in [-0.1, -0.05) is 6.07 Å². The van der Waals surface area contributed by atoms with Gasteiger partial charge in [-0.3, -0.25) is 4.68 Å². The van der Waals surface area contributed by atoms with Gasteiger partial charge in [-0.05, 0) is 73.8 Å². The van der Waals surface area contributed by atoms with Crippen molar-refractivity contribution in [3.05, 3.63) is 43.0 Å². The maximum Gasteiger partial charge on any atom is 0.148 e. The fourth-order valence-corrected chi connectivity index (χ4v) is 3.39. The van der Waals surface area contributed by atoms with Crippen molar-refractivity contribution in [3.63, 3.8) is 0 Å². The van der Waals surface area contributed by atoms with Crippen molar-refractivity contribution >= 4 is 47.8 Å². The molecule has 0 spiro atoms. The first-order valence-corrected chi connectivity index (χ1v) is 8.21. The van der Waals surface area contributed by atoms with Gasteiger partial charge in [0, 0.05) is 6.54 Å². The van der Waals surface area contributed by atoms with Crippen molar-refractivity contribution in [1.82, 2.24) is 9.78 Å². The van der Waals surface area contributed by atoms with Crippen molar-refractivity contribution in [2.45, 2.75) is 27.0 Å². The quantitative estimate of drug-likeness (QED) is 0.647. The molecule has 19 heavy (non-hydrogen) atoms. The van der Waals surface area contributed by atoms with Gasteiger partial charge in [0.2, 0.25) is 0 Å². The average molecular weight is 453 g/mol. The molecule has 3 nitrogen and oxygen atoms in total. The normalized spacial score (nSPS) is 10.8. The molecule has 0 bridgehead atoms. The van der Waals surface area contributed by atoms with E-state index in [1.807, 2.05) is 29.8 Å². The molecule has 0 aliphatic carbocycles. The summed E-state index contributed by atoms with van der Waals surface area (Å²) in [6.07, 6.45) is 0. The molecule has 0 aliphatic rings. The van der Waals surface area contributed by atoms with Gasteiger partial charge in [0.1, 0.15) is 12.4 Å². The largest absolute Gasteiger partial charge is 0.485 e. The van der Waals surface area contributed by atoms with Crippen LogP contribution in [0.2, 0.25) is 0 Å². The zero-order valence-corrected chi connectivity index (χ0v) is 15.3. The van der Waals surface area contributed by atoms with Gasteiger partial charge < -0.3 is 4.74 Å². The number of rotatable bonds is 4. The van der Waals surface area contributed by atoms with Crippen LogP contribution in [0.15, 0.2) is 31.6 Å². The highest BCUT2D eigenvalue weighted by molar-refractivity contribution is 9.11. The fraction of sp³-hybridized carbons (Fsp3) is 0.308. The molecule has 0 radical (unpaired) electrons. The molecular weight excluding hydrogens is 440 g/mol. The lowest BCUT2D eigenvalue weighted by molar-refractivity contribution is 0.288. The first-order chi connectivity index (χ1) is 9.04. The Labute approximate surface area is 137 Å². The molecule has 2 aromatic rings. The Morgan fingerprint density at radius 2 is 1.84 bits per heavy atom. The van der Waals surface area contributed by atoms with Crippen LogP contribution >= 0.6 is 47.8 Å². The van der Waals surface area contributed by atoms with E-state index in [4.69, 9.17) is 4.74 Å². The van der Waals surface area contributed by atoms with Gasteiger partial charge in [-0.25, -0.2) is 0 Å². The number of halogens is 3. The van der Waals surface area contributed by atoms with E-state index in [1.165, 1.54) is 0 Å². The van der Waals surface area contributed by atoms with Crippen molar-refractivity contribution in [2.75, 3.05) is 0 Å². The van der Waals surface area contributed by atoms with E-state index in [9.17, 15) is 0 Å². The molecule has 1 heterocycles. The first-order valence-electron chi connectivity index (χ1n) is 5.83. The molecule has 0 aliphatic heterocycles. The molecule has 0 fully saturated rings. The summed E-state index contributed by atoms with van der Waals surface area (Å²) in [5.74, 6) is 0.802. The smallest absolute Gasteiger partial charge is 0.148 e. The molecule has 0 amide bonds. The predicted molar refractivity (Wildman–Crippen MR) is 86.5 cm³/mol. The van der Waals surface area contributed by atoms with Crippen LogP contribution in [0.3, 0.4) is 0 Å². The van der Waals surface area contributed by atoms with E-state index in [0.717, 1.165) is 37.1 Å². The van der Waals surface area contributed by atoms with E-state index in [0.29, 0.717) is 6.61 Å². The van der Waals surface area contributed by atoms with Crippen molar-refractivity contribution in [2.24, 2.45) is 0 Å². The monoisotopic (exact) mass is 450 g/mol. The number of hydrogen-bond donors (Lipinski definition) is 0. The minimum absolute atomic E-state index is 0.469. The second kappa shape index (κ2) is 6.41. The second-order valence-electron chi connectivity index (χ2n) is 4.00. The van der Waals surface area contributed by atoms with E-state index < -0.39 is 0 Å². The maximum atomic E-state index is 5.91. The van der Waals surface area contributed by atoms with Gasteiger partial charge >= 0.3 is 0 Å². The molecule has 1 aromatic heterocycles. The predicted octanol–water partition coefficient (Wildman–Crippen LogP) is 5.08. The van der Waals surface area contributed by atoms with Crippen molar-refractivity contribution in [1.29, 1.82) is 0 Å². The van der Waals surface area contributed by atoms with Crippen LogP contribution in [-0.2, 0) is 13.2 Å². The molecular formula is C13H13Br3N2O. The third-order valence-corrected chi connectivity index (χ3v) is 5.01. The number of aromatic nitrogens is 2. The van der Waals surface area contributed by atoms with Gasteiger partial charge in [0.25, 0.3) is 0 Å². The van der Waals surface area contributed by atoms with Crippen LogP contribution in [0, 0.1) is 6.92 Å². The topological polar surface area (TPSA) is 27.1 Å². The standard InChI is InChI=1S/C13H13Br3N2O/c1-3-18-11(12(16)8(2)17-18)7-19-13-9(14)5-4-6-10(13)15/h4-6H,3,7H2,1-2H3. The van der Waals surface area contributed by atoms with Crippen LogP contribution in [0.4, 0.5) is 0 Å². The third kappa shape index (κ3) is 3.23. The number of ether oxygens (including phenoxy) is 1. The van der Waals surface area contributed by atoms with Gasteiger partial charge in [-0.2, -0.15) is 5.10 Å². The average Bonchev–Trinajstić information content (AvgIpc) is 2.65. The molecule has 1 aromatic carbocycles. The van der Waals surface area contributed by atoms with Gasteiger partial charge in [-0.15, -0.1) is 0 Å². The summed E-state index contributed by atoms with van der Waals surface area (Å²) in [4.78, 5) is 0. The Kier molecular flexibility index (Phi) is 5.09. The van der Waals surface area contributed by atoms with Crippen LogP contribution in [0.25, 0.3) is 0 Å². The lowest BCUT2D eigenvalue weighted by Gasteiger charge is -2.11. The lowest BCUT2D eigenvalue weighted by atomic mass is 10.3. The zero-order chi connectivity index (χ0) is 14.0. The van der Waals surface area contributed by atoms with Crippen LogP contribution in [-0.4, -0.2) is 9.78 Å². The molecule has 0 saturated heterocycles. The highest BCUT2D eigenvalue weighted by atomic mass is 79.9. The van der Waals surface area contributed by atoms with Crippen LogP contribution in [0.5, 0.6) is 5.75 Å². The lowest BCUT2D eigenvalue weighted by Crippen LogP contribution is -2.07. The van der Waals surface area contributed by atoms with E-state index in [-0.39, 0.29) is 0 Å². The summed E-state index contributed by atoms with van der Waals surface area (Å²) in [6, 6.07) is 5.87. The fourth-order valence-electron chi connectivity index (χ4n) is 1.77. The van der Waals surface area contributed by atoms with Crippen molar-refractivity contribution in [3.8, 4) is 5.75 Å². The number of nitrogens with zero attached hydrogens (tertiary/aromatic N) is 2. The number of aryl methyl sites for hydroxylation is 2. The van der Waals surface area contributed by atoms with Crippen molar-refractivity contribution < 1.29 is 4.74 Å². The van der Waals surface area contributed by atoms with Crippen LogP contribution in [0.1, 0.15) is 18.3 Å². The number of hydrogen-bond acceptors (Lipinski definition) is 2. The summed E-state index contributed by atoms with van der Waals surface area (Å²) >= 11 is 10.5. The molecule has 0 atom stereocenters. The second-order valence-corrected chi connectivity index (χ2v) is 6.50. The molecule has 6 heteroatoms. The van der Waals surface area contributed by atoms with Crippen LogP contribution < -0.4 is 4.74 Å². The summed E-state index contributed by atoms with van der Waals surface area (Å²) < 4.78 is 10.7. The minimum atomic E-state index is 0.469. The summed E-state index contributed by atoms with van der Waals surface area (Å²) in [5.41, 5.74) is 2.02. The Morgan fingerprint density at radius 1 is 1.21 bits per heavy atom. The zero-order valence-electron chi connectivity index (χ0n) is 10.6. The number of benzene rings is 1. The summed E-state index contributed by atoms with van der Waals surface area (Å²) in [5, 5.41) is 4.45. The molecule has 0 unspecified atom stereocenters. The Hall–Kier alpha value is -0.330. The Morgan fingerprint density at radius 3 is 2.42 bits per heavy atom. The van der Waals surface area contributed by atoms with E-state index in [2.05, 4.69) is 59.8 Å². The third-order valence-electron chi connectivity index (χ3n) is 2.72. The first kappa shape index (κ1) is 15.1. The number of para-hydroxylation sites is 1. The maximum absolute atomic E-state index is 5.91. The van der Waals surface area contributed by atoms with E-state index in [1.54, 1.807) is 0 Å². The van der Waals surface area contributed by atoms with E-state index >= 15 is 0 Å². The highest BCUT2D eigenvalue weighted by Crippen LogP contribution is 2.34. The molecule has 0 N–H and O–H groups in total. The Balaban J connectivity index is 2.24. The van der Waals surface area contributed by atoms with Gasteiger partial charge in [0.15, 0.2) is 0 Å². The SMILES string of the molecule is CCn1nc(C)c(Br)c1COc1c(Br)cccc1Br. The summed E-state index contributed by atoms with van der Waals surface area (Å²) in [7, 11) is 0. The van der Waals surface area contributed by atoms with Gasteiger partial charge in [0.05, 0.1) is 24.8 Å². The Bertz CT molecular complexity index is 576. The highest BCUT2D eigenvalue weighted by Gasteiger charge is 2.14. The molecule has 0 saturated carbocycles.